The number of nitrogens with zero attached hydrogens (tertiary/aromatic N) is 2. The molecule has 1 aromatic heterocycles. The van der Waals surface area contributed by atoms with Crippen LogP contribution in [0.2, 0.25) is 0 Å². The number of aromatic nitrogens is 2. The van der Waals surface area contributed by atoms with Crippen LogP contribution >= 0.6 is 0 Å². The fourth-order valence-electron chi connectivity index (χ4n) is 2.42. The van der Waals surface area contributed by atoms with Crippen LogP contribution < -0.4 is 4.74 Å². The van der Waals surface area contributed by atoms with Crippen LogP contribution in [0.1, 0.15) is 16.8 Å². The highest BCUT2D eigenvalue weighted by Gasteiger charge is 2.06. The first-order valence-corrected chi connectivity index (χ1v) is 7.86. The van der Waals surface area contributed by atoms with Gasteiger partial charge in [-0.05, 0) is 37.3 Å². The molecule has 0 bridgehead atoms. The number of aryl methyl sites for hydroxylation is 1. The maximum absolute atomic E-state index is 11.9. The molecule has 0 unspecified atom stereocenters. The van der Waals surface area contributed by atoms with Crippen LogP contribution in [-0.2, 0) is 16.1 Å². The first-order valence-electron chi connectivity index (χ1n) is 7.86. The number of carbonyl (C=O) groups is 1. The highest BCUT2D eigenvalue weighted by Crippen LogP contribution is 2.20. The second-order valence-corrected chi connectivity index (χ2v) is 5.54. The Bertz CT molecular complexity index is 935. The normalized spacial score (nSPS) is 11.0. The molecular weight excluding hydrogens is 316 g/mol. The van der Waals surface area contributed by atoms with Gasteiger partial charge in [0.1, 0.15) is 12.4 Å². The van der Waals surface area contributed by atoms with Crippen LogP contribution in [0.4, 0.5) is 0 Å². The van der Waals surface area contributed by atoms with Crippen molar-refractivity contribution in [3.63, 3.8) is 0 Å². The van der Waals surface area contributed by atoms with Crippen LogP contribution in [0.25, 0.3) is 17.1 Å². The number of rotatable bonds is 5. The van der Waals surface area contributed by atoms with E-state index in [1.807, 2.05) is 49.4 Å². The lowest BCUT2D eigenvalue weighted by atomic mass is 10.1. The molecule has 3 rings (SSSR count). The van der Waals surface area contributed by atoms with E-state index in [1.165, 1.54) is 6.08 Å². The summed E-state index contributed by atoms with van der Waals surface area (Å²) in [6, 6.07) is 13.3. The Hall–Kier alpha value is -3.21. The standard InChI is InChI=1S/C20H18N2O3/c1-14-7-9-19(24-2)15(11-14)13-25-20(23)10-8-16-12-21-17-5-3-4-6-18(17)22-16/h3-12H,13H2,1-2H3/b10-8+. The average Bonchev–Trinajstić information content (AvgIpc) is 2.64. The van der Waals surface area contributed by atoms with Gasteiger partial charge in [0.05, 0.1) is 30.0 Å². The minimum Gasteiger partial charge on any atom is -0.496 e. The molecule has 0 aliphatic carbocycles. The molecule has 126 valence electrons. The number of benzene rings is 2. The fraction of sp³-hybridized carbons (Fsp3) is 0.150. The molecule has 0 amide bonds. The van der Waals surface area contributed by atoms with Crippen molar-refractivity contribution in [1.29, 1.82) is 0 Å². The molecule has 0 aliphatic heterocycles. The third kappa shape index (κ3) is 4.20. The molecular formula is C20H18N2O3. The second kappa shape index (κ2) is 7.57. The lowest BCUT2D eigenvalue weighted by Crippen LogP contribution is -2.02. The van der Waals surface area contributed by atoms with Crippen molar-refractivity contribution in [3.8, 4) is 5.75 Å². The third-order valence-corrected chi connectivity index (χ3v) is 3.66. The van der Waals surface area contributed by atoms with Crippen molar-refractivity contribution in [2.24, 2.45) is 0 Å². The van der Waals surface area contributed by atoms with Crippen LogP contribution in [-0.4, -0.2) is 23.0 Å². The van der Waals surface area contributed by atoms with E-state index in [9.17, 15) is 4.79 Å². The Morgan fingerprint density at radius 1 is 1.16 bits per heavy atom. The number of esters is 1. The topological polar surface area (TPSA) is 61.3 Å². The Morgan fingerprint density at radius 3 is 2.76 bits per heavy atom. The summed E-state index contributed by atoms with van der Waals surface area (Å²) in [5.74, 6) is 0.251. The van der Waals surface area contributed by atoms with E-state index in [1.54, 1.807) is 19.4 Å². The van der Waals surface area contributed by atoms with Gasteiger partial charge in [-0.3, -0.25) is 4.98 Å². The number of hydrogen-bond acceptors (Lipinski definition) is 5. The Labute approximate surface area is 145 Å². The van der Waals surface area contributed by atoms with E-state index >= 15 is 0 Å². The minimum atomic E-state index is -0.446. The summed E-state index contributed by atoms with van der Waals surface area (Å²) in [4.78, 5) is 20.7. The highest BCUT2D eigenvalue weighted by molar-refractivity contribution is 5.87. The summed E-state index contributed by atoms with van der Waals surface area (Å²) in [5, 5.41) is 0. The van der Waals surface area contributed by atoms with Crippen molar-refractivity contribution >= 4 is 23.1 Å². The number of para-hydroxylation sites is 2. The number of carbonyl (C=O) groups excluding carboxylic acids is 1. The van der Waals surface area contributed by atoms with Gasteiger partial charge in [0.15, 0.2) is 0 Å². The lowest BCUT2D eigenvalue weighted by molar-refractivity contribution is -0.138. The number of hydrogen-bond donors (Lipinski definition) is 0. The van der Waals surface area contributed by atoms with Crippen molar-refractivity contribution < 1.29 is 14.3 Å². The zero-order valence-electron chi connectivity index (χ0n) is 14.1. The molecule has 0 saturated heterocycles. The summed E-state index contributed by atoms with van der Waals surface area (Å²) >= 11 is 0. The van der Waals surface area contributed by atoms with Crippen molar-refractivity contribution in [1.82, 2.24) is 9.97 Å². The average molecular weight is 334 g/mol. The summed E-state index contributed by atoms with van der Waals surface area (Å²) in [5.41, 5.74) is 4.10. The maximum atomic E-state index is 11.9. The summed E-state index contributed by atoms with van der Waals surface area (Å²) in [6.45, 7) is 2.13. The van der Waals surface area contributed by atoms with E-state index in [4.69, 9.17) is 9.47 Å². The molecule has 2 aromatic carbocycles. The van der Waals surface area contributed by atoms with Crippen molar-refractivity contribution in [2.75, 3.05) is 7.11 Å². The Kier molecular flexibility index (Phi) is 5.04. The van der Waals surface area contributed by atoms with Gasteiger partial charge >= 0.3 is 5.97 Å². The van der Waals surface area contributed by atoms with E-state index < -0.39 is 5.97 Å². The molecule has 0 saturated carbocycles. The predicted octanol–water partition coefficient (Wildman–Crippen LogP) is 3.70. The summed E-state index contributed by atoms with van der Waals surface area (Å²) in [6.07, 6.45) is 4.56. The number of ether oxygens (including phenoxy) is 2. The first kappa shape index (κ1) is 16.6. The van der Waals surface area contributed by atoms with Gasteiger partial charge in [0.25, 0.3) is 0 Å². The molecule has 1 heterocycles. The van der Waals surface area contributed by atoms with Crippen LogP contribution in [0.5, 0.6) is 5.75 Å². The number of fused-ring (bicyclic) bond motifs is 1. The van der Waals surface area contributed by atoms with E-state index in [0.29, 0.717) is 11.4 Å². The lowest BCUT2D eigenvalue weighted by Gasteiger charge is -2.09. The largest absolute Gasteiger partial charge is 0.496 e. The van der Waals surface area contributed by atoms with Gasteiger partial charge < -0.3 is 9.47 Å². The zero-order valence-corrected chi connectivity index (χ0v) is 14.1. The van der Waals surface area contributed by atoms with Crippen molar-refractivity contribution in [3.05, 3.63) is 71.6 Å². The molecule has 5 heteroatoms. The molecule has 25 heavy (non-hydrogen) atoms. The number of methoxy groups -OCH3 is 1. The molecule has 0 fully saturated rings. The van der Waals surface area contributed by atoms with Gasteiger partial charge in [-0.25, -0.2) is 9.78 Å². The second-order valence-electron chi connectivity index (χ2n) is 5.54. The highest BCUT2D eigenvalue weighted by atomic mass is 16.5. The van der Waals surface area contributed by atoms with E-state index in [-0.39, 0.29) is 6.61 Å². The third-order valence-electron chi connectivity index (χ3n) is 3.66. The molecule has 5 nitrogen and oxygen atoms in total. The zero-order chi connectivity index (χ0) is 17.6. The maximum Gasteiger partial charge on any atom is 0.331 e. The molecule has 3 aromatic rings. The first-order chi connectivity index (χ1) is 12.2. The SMILES string of the molecule is COc1ccc(C)cc1COC(=O)/C=C/c1cnc2ccccc2n1. The van der Waals surface area contributed by atoms with Gasteiger partial charge in [-0.1, -0.05) is 23.8 Å². The minimum absolute atomic E-state index is 0.150. The quantitative estimate of drug-likeness (QED) is 0.526. The van der Waals surface area contributed by atoms with Crippen LogP contribution in [0, 0.1) is 6.92 Å². The van der Waals surface area contributed by atoms with Crippen molar-refractivity contribution in [2.45, 2.75) is 13.5 Å². The van der Waals surface area contributed by atoms with E-state index in [0.717, 1.165) is 22.2 Å². The van der Waals surface area contributed by atoms with Crippen LogP contribution in [0.15, 0.2) is 54.7 Å². The molecule has 0 aliphatic rings. The van der Waals surface area contributed by atoms with E-state index in [2.05, 4.69) is 9.97 Å². The van der Waals surface area contributed by atoms with Gasteiger partial charge in [0, 0.05) is 11.6 Å². The fourth-order valence-corrected chi connectivity index (χ4v) is 2.42. The van der Waals surface area contributed by atoms with Gasteiger partial charge in [0.2, 0.25) is 0 Å². The molecule has 0 N–H and O–H groups in total. The van der Waals surface area contributed by atoms with Gasteiger partial charge in [-0.2, -0.15) is 0 Å². The van der Waals surface area contributed by atoms with Crippen LogP contribution in [0.3, 0.4) is 0 Å². The summed E-state index contributed by atoms with van der Waals surface area (Å²) in [7, 11) is 1.59. The predicted molar refractivity (Wildman–Crippen MR) is 96.1 cm³/mol. The Balaban J connectivity index is 1.65. The van der Waals surface area contributed by atoms with Gasteiger partial charge in [-0.15, -0.1) is 0 Å². The molecule has 0 spiro atoms. The smallest absolute Gasteiger partial charge is 0.331 e. The molecule has 0 atom stereocenters. The Morgan fingerprint density at radius 2 is 1.96 bits per heavy atom. The molecule has 0 radical (unpaired) electrons. The monoisotopic (exact) mass is 334 g/mol. The summed E-state index contributed by atoms with van der Waals surface area (Å²) < 4.78 is 10.6.